The van der Waals surface area contributed by atoms with E-state index in [4.69, 9.17) is 0 Å². The fraction of sp³-hybridized carbons (Fsp3) is 0.312. The zero-order valence-electron chi connectivity index (χ0n) is 14.3. The molecule has 1 unspecified atom stereocenters. The zero-order valence-corrected chi connectivity index (χ0v) is 14.3. The van der Waals surface area contributed by atoms with Gasteiger partial charge in [0.1, 0.15) is 12.1 Å². The molecule has 10 heteroatoms. The molecule has 2 heterocycles. The molecular weight excluding hydrogens is 342 g/mol. The van der Waals surface area contributed by atoms with Crippen LogP contribution in [0, 0.1) is 11.6 Å². The third-order valence-electron chi connectivity index (χ3n) is 3.66. The molecule has 8 nitrogen and oxygen atoms in total. The van der Waals surface area contributed by atoms with Crippen LogP contribution < -0.4 is 10.6 Å². The van der Waals surface area contributed by atoms with Crippen LogP contribution in [0.4, 0.5) is 26.2 Å². The molecule has 0 aliphatic rings. The van der Waals surface area contributed by atoms with Gasteiger partial charge in [0.25, 0.3) is 0 Å². The van der Waals surface area contributed by atoms with Crippen LogP contribution in [0.25, 0.3) is 5.69 Å². The third kappa shape index (κ3) is 4.08. The van der Waals surface area contributed by atoms with Gasteiger partial charge in [-0.2, -0.15) is 4.98 Å². The maximum absolute atomic E-state index is 14.1. The largest absolute Gasteiger partial charge is 0.365 e. The highest BCUT2D eigenvalue weighted by Gasteiger charge is 2.12. The van der Waals surface area contributed by atoms with Gasteiger partial charge in [-0.15, -0.1) is 5.10 Å². The smallest absolute Gasteiger partial charge is 0.229 e. The number of nitrogens with one attached hydrogen (secondary N) is 2. The average molecular weight is 360 g/mol. The van der Waals surface area contributed by atoms with E-state index in [-0.39, 0.29) is 23.5 Å². The number of tetrazole rings is 1. The molecule has 0 fully saturated rings. The second-order valence-electron chi connectivity index (χ2n) is 5.77. The number of hydrogen-bond donors (Lipinski definition) is 2. The Morgan fingerprint density at radius 3 is 2.81 bits per heavy atom. The van der Waals surface area contributed by atoms with Crippen molar-refractivity contribution in [3.63, 3.8) is 0 Å². The summed E-state index contributed by atoms with van der Waals surface area (Å²) in [6.07, 6.45) is 4.26. The Balaban J connectivity index is 1.83. The lowest BCUT2D eigenvalue weighted by molar-refractivity contribution is 0.607. The topological polar surface area (TPSA) is 93.4 Å². The molecule has 0 radical (unpaired) electrons. The predicted octanol–water partition coefficient (Wildman–Crippen LogP) is 3.07. The van der Waals surface area contributed by atoms with Gasteiger partial charge >= 0.3 is 0 Å². The molecule has 1 atom stereocenters. The number of hydrogen-bond acceptors (Lipinski definition) is 7. The quantitative estimate of drug-likeness (QED) is 0.669. The SMILES string of the molecule is CCCC(C)Nc1nc(Nc2cc(-n3cnnn3)ccc2F)ncc1F. The molecule has 3 rings (SSSR count). The first kappa shape index (κ1) is 17.6. The van der Waals surface area contributed by atoms with Crippen molar-refractivity contribution in [2.24, 2.45) is 0 Å². The first-order valence-corrected chi connectivity index (χ1v) is 8.16. The fourth-order valence-electron chi connectivity index (χ4n) is 2.42. The molecular formula is C16H18F2N8. The van der Waals surface area contributed by atoms with E-state index >= 15 is 0 Å². The maximum Gasteiger partial charge on any atom is 0.229 e. The molecule has 2 N–H and O–H groups in total. The van der Waals surface area contributed by atoms with Crippen molar-refractivity contribution in [2.75, 3.05) is 10.6 Å². The van der Waals surface area contributed by atoms with Crippen molar-refractivity contribution in [3.8, 4) is 5.69 Å². The Hall–Kier alpha value is -3.17. The number of nitrogens with zero attached hydrogens (tertiary/aromatic N) is 6. The Kier molecular flexibility index (Phi) is 5.30. The lowest BCUT2D eigenvalue weighted by Gasteiger charge is -2.15. The van der Waals surface area contributed by atoms with Gasteiger partial charge in [-0.25, -0.2) is 18.4 Å². The van der Waals surface area contributed by atoms with E-state index in [0.29, 0.717) is 5.69 Å². The highest BCUT2D eigenvalue weighted by molar-refractivity contribution is 5.59. The summed E-state index contributed by atoms with van der Waals surface area (Å²) in [5, 5.41) is 16.6. The summed E-state index contributed by atoms with van der Waals surface area (Å²) < 4.78 is 29.4. The second-order valence-corrected chi connectivity index (χ2v) is 5.77. The fourth-order valence-corrected chi connectivity index (χ4v) is 2.42. The first-order chi connectivity index (χ1) is 12.6. The van der Waals surface area contributed by atoms with Crippen LogP contribution in [0.2, 0.25) is 0 Å². The molecule has 0 spiro atoms. The minimum absolute atomic E-state index is 0.0529. The average Bonchev–Trinajstić information content (AvgIpc) is 3.14. The van der Waals surface area contributed by atoms with Gasteiger partial charge in [-0.05, 0) is 42.0 Å². The van der Waals surface area contributed by atoms with Gasteiger partial charge in [-0.3, -0.25) is 0 Å². The van der Waals surface area contributed by atoms with Crippen molar-refractivity contribution in [2.45, 2.75) is 32.7 Å². The standard InChI is InChI=1S/C16H18F2N8/c1-3-4-10(2)21-15-13(18)8-19-16(23-15)22-14-7-11(5-6-12(14)17)26-9-20-24-25-26/h5-10H,3-4H2,1-2H3,(H2,19,21,22,23). The molecule has 0 bridgehead atoms. The summed E-state index contributed by atoms with van der Waals surface area (Å²) >= 11 is 0. The Morgan fingerprint density at radius 1 is 1.23 bits per heavy atom. The molecule has 0 aliphatic heterocycles. The summed E-state index contributed by atoms with van der Waals surface area (Å²) in [4.78, 5) is 7.97. The molecule has 2 aromatic heterocycles. The van der Waals surface area contributed by atoms with Gasteiger partial charge in [0.15, 0.2) is 11.6 Å². The second kappa shape index (κ2) is 7.81. The minimum Gasteiger partial charge on any atom is -0.365 e. The summed E-state index contributed by atoms with van der Waals surface area (Å²) in [6.45, 7) is 3.98. The van der Waals surface area contributed by atoms with Crippen molar-refractivity contribution in [1.29, 1.82) is 0 Å². The normalized spacial score (nSPS) is 12.0. The lowest BCUT2D eigenvalue weighted by atomic mass is 10.2. The van der Waals surface area contributed by atoms with Gasteiger partial charge in [0.05, 0.1) is 17.6 Å². The predicted molar refractivity (Wildman–Crippen MR) is 92.4 cm³/mol. The van der Waals surface area contributed by atoms with E-state index in [1.54, 1.807) is 0 Å². The van der Waals surface area contributed by atoms with Crippen LogP contribution in [-0.4, -0.2) is 36.2 Å². The van der Waals surface area contributed by atoms with Crippen molar-refractivity contribution < 1.29 is 8.78 Å². The Labute approximate surface area is 148 Å². The third-order valence-corrected chi connectivity index (χ3v) is 3.66. The number of aromatic nitrogens is 6. The van der Waals surface area contributed by atoms with E-state index in [9.17, 15) is 8.78 Å². The highest BCUT2D eigenvalue weighted by atomic mass is 19.1. The van der Waals surface area contributed by atoms with E-state index in [1.807, 2.05) is 13.8 Å². The Bertz CT molecular complexity index is 869. The number of anilines is 3. The van der Waals surface area contributed by atoms with E-state index in [2.05, 4.69) is 36.1 Å². The minimum atomic E-state index is -0.568. The molecule has 3 aromatic rings. The number of halogens is 2. The summed E-state index contributed by atoms with van der Waals surface area (Å²) in [5.41, 5.74) is 0.674. The first-order valence-electron chi connectivity index (χ1n) is 8.16. The molecule has 0 amide bonds. The number of benzene rings is 1. The van der Waals surface area contributed by atoms with Gasteiger partial charge in [0.2, 0.25) is 5.95 Å². The van der Waals surface area contributed by atoms with Crippen LogP contribution in [0.15, 0.2) is 30.7 Å². The van der Waals surface area contributed by atoms with Crippen molar-refractivity contribution in [1.82, 2.24) is 30.2 Å². The summed E-state index contributed by atoms with van der Waals surface area (Å²) in [6, 6.07) is 4.36. The molecule has 0 saturated heterocycles. The van der Waals surface area contributed by atoms with Crippen molar-refractivity contribution in [3.05, 3.63) is 42.4 Å². The maximum atomic E-state index is 14.1. The zero-order chi connectivity index (χ0) is 18.5. The van der Waals surface area contributed by atoms with Gasteiger partial charge < -0.3 is 10.6 Å². The molecule has 0 saturated carbocycles. The van der Waals surface area contributed by atoms with E-state index in [0.717, 1.165) is 19.0 Å². The van der Waals surface area contributed by atoms with Crippen molar-refractivity contribution >= 4 is 17.5 Å². The highest BCUT2D eigenvalue weighted by Crippen LogP contribution is 2.22. The van der Waals surface area contributed by atoms with Crippen LogP contribution in [0.5, 0.6) is 0 Å². The molecule has 0 aliphatic carbocycles. The van der Waals surface area contributed by atoms with Crippen LogP contribution >= 0.6 is 0 Å². The summed E-state index contributed by atoms with van der Waals surface area (Å²) in [7, 11) is 0. The molecule has 26 heavy (non-hydrogen) atoms. The monoisotopic (exact) mass is 360 g/mol. The van der Waals surface area contributed by atoms with Gasteiger partial charge in [-0.1, -0.05) is 13.3 Å². The summed E-state index contributed by atoms with van der Waals surface area (Å²) in [5.74, 6) is -0.934. The van der Waals surface area contributed by atoms with Gasteiger partial charge in [0, 0.05) is 6.04 Å². The van der Waals surface area contributed by atoms with E-state index < -0.39 is 11.6 Å². The lowest BCUT2D eigenvalue weighted by Crippen LogP contribution is -2.17. The molecule has 1 aromatic carbocycles. The molecule has 136 valence electrons. The van der Waals surface area contributed by atoms with Crippen LogP contribution in [0.3, 0.4) is 0 Å². The Morgan fingerprint density at radius 2 is 2.08 bits per heavy atom. The van der Waals surface area contributed by atoms with Crippen LogP contribution in [0.1, 0.15) is 26.7 Å². The van der Waals surface area contributed by atoms with Crippen LogP contribution in [-0.2, 0) is 0 Å². The van der Waals surface area contributed by atoms with E-state index in [1.165, 1.54) is 29.2 Å². The number of rotatable bonds is 7.